The van der Waals surface area contributed by atoms with Crippen molar-refractivity contribution in [2.75, 3.05) is 0 Å². The molecule has 0 saturated carbocycles. The van der Waals surface area contributed by atoms with Gasteiger partial charge < -0.3 is 0 Å². The molecule has 0 saturated heterocycles. The van der Waals surface area contributed by atoms with Crippen LogP contribution in [-0.4, -0.2) is 4.98 Å². The number of aromatic nitrogens is 1. The van der Waals surface area contributed by atoms with Crippen molar-refractivity contribution in [3.63, 3.8) is 0 Å². The van der Waals surface area contributed by atoms with E-state index < -0.39 is 5.95 Å². The van der Waals surface area contributed by atoms with Crippen molar-refractivity contribution >= 4 is 26.7 Å². The third-order valence-electron chi connectivity index (χ3n) is 1.65. The summed E-state index contributed by atoms with van der Waals surface area (Å²) in [6, 6.07) is 7.08. The van der Waals surface area contributed by atoms with E-state index >= 15 is 0 Å². The minimum Gasteiger partial charge on any atom is -0.228 e. The third kappa shape index (κ3) is 1.32. The van der Waals surface area contributed by atoms with Crippen LogP contribution in [-0.2, 0) is 0 Å². The van der Waals surface area contributed by atoms with E-state index in [1.807, 2.05) is 18.2 Å². The van der Waals surface area contributed by atoms with Crippen LogP contribution in [0.4, 0.5) is 4.39 Å². The molecule has 0 amide bonds. The molecule has 2 aromatic rings. The van der Waals surface area contributed by atoms with Crippen molar-refractivity contribution in [1.82, 2.24) is 4.98 Å². The van der Waals surface area contributed by atoms with Crippen LogP contribution in [0.2, 0.25) is 0 Å². The minimum atomic E-state index is -0.444. The third-order valence-corrected chi connectivity index (χ3v) is 2.14. The Hall–Kier alpha value is -0.960. The molecule has 2 rings (SSSR count). The standard InChI is InChI=1S/C9H5BrFN/c10-8-2-1-6-5-12-9(11)4-7(6)3-8/h1-5H. The van der Waals surface area contributed by atoms with Crippen LogP contribution >= 0.6 is 15.9 Å². The quantitative estimate of drug-likeness (QED) is 0.629. The lowest BCUT2D eigenvalue weighted by Gasteiger charge is -1.96. The molecule has 1 nitrogen and oxygen atoms in total. The molecule has 0 aliphatic carbocycles. The molecule has 0 radical (unpaired) electrons. The molecule has 0 N–H and O–H groups in total. The molecule has 3 heteroatoms. The summed E-state index contributed by atoms with van der Waals surface area (Å²) >= 11 is 3.31. The highest BCUT2D eigenvalue weighted by molar-refractivity contribution is 9.10. The largest absolute Gasteiger partial charge is 0.228 e. The number of hydrogen-bond acceptors (Lipinski definition) is 1. The van der Waals surface area contributed by atoms with Crippen molar-refractivity contribution in [2.24, 2.45) is 0 Å². The van der Waals surface area contributed by atoms with Crippen molar-refractivity contribution in [3.05, 3.63) is 40.9 Å². The van der Waals surface area contributed by atoms with E-state index in [9.17, 15) is 4.39 Å². The van der Waals surface area contributed by atoms with Gasteiger partial charge in [0.25, 0.3) is 0 Å². The van der Waals surface area contributed by atoms with Gasteiger partial charge in [-0.3, -0.25) is 0 Å². The Morgan fingerprint density at radius 1 is 1.17 bits per heavy atom. The molecule has 0 fully saturated rings. The van der Waals surface area contributed by atoms with E-state index in [1.165, 1.54) is 12.3 Å². The van der Waals surface area contributed by atoms with Gasteiger partial charge in [-0.15, -0.1) is 0 Å². The summed E-state index contributed by atoms with van der Waals surface area (Å²) in [4.78, 5) is 3.56. The summed E-state index contributed by atoms with van der Waals surface area (Å²) in [6.07, 6.45) is 1.52. The molecule has 1 aromatic heterocycles. The Kier molecular flexibility index (Phi) is 1.81. The molecule has 0 aliphatic heterocycles. The van der Waals surface area contributed by atoms with Crippen molar-refractivity contribution in [2.45, 2.75) is 0 Å². The Balaban J connectivity index is 2.80. The van der Waals surface area contributed by atoms with Crippen LogP contribution in [0.1, 0.15) is 0 Å². The molecular weight excluding hydrogens is 221 g/mol. The lowest BCUT2D eigenvalue weighted by molar-refractivity contribution is 0.586. The van der Waals surface area contributed by atoms with Gasteiger partial charge in [0.1, 0.15) is 0 Å². The lowest BCUT2D eigenvalue weighted by Crippen LogP contribution is -1.81. The highest BCUT2D eigenvalue weighted by atomic mass is 79.9. The van der Waals surface area contributed by atoms with E-state index in [4.69, 9.17) is 0 Å². The Bertz CT molecular complexity index is 391. The summed E-state index contributed by atoms with van der Waals surface area (Å²) in [5.41, 5.74) is 0. The fourth-order valence-corrected chi connectivity index (χ4v) is 1.46. The van der Waals surface area contributed by atoms with E-state index in [2.05, 4.69) is 20.9 Å². The first-order valence-corrected chi connectivity index (χ1v) is 4.26. The molecule has 0 spiro atoms. The van der Waals surface area contributed by atoms with E-state index in [1.54, 1.807) is 0 Å². The number of fused-ring (bicyclic) bond motifs is 1. The fraction of sp³-hybridized carbons (Fsp3) is 0. The predicted molar refractivity (Wildman–Crippen MR) is 49.4 cm³/mol. The molecule has 0 atom stereocenters. The first-order chi connectivity index (χ1) is 5.75. The summed E-state index contributed by atoms with van der Waals surface area (Å²) in [6.45, 7) is 0. The number of hydrogen-bond donors (Lipinski definition) is 0. The summed E-state index contributed by atoms with van der Waals surface area (Å²) in [5, 5.41) is 1.80. The second-order valence-electron chi connectivity index (χ2n) is 2.50. The van der Waals surface area contributed by atoms with Gasteiger partial charge >= 0.3 is 0 Å². The second-order valence-corrected chi connectivity index (χ2v) is 3.41. The minimum absolute atomic E-state index is 0.444. The molecule has 0 bridgehead atoms. The van der Waals surface area contributed by atoms with Crippen LogP contribution in [0, 0.1) is 5.95 Å². The maximum atomic E-state index is 12.6. The van der Waals surface area contributed by atoms with Crippen molar-refractivity contribution in [1.29, 1.82) is 0 Å². The summed E-state index contributed by atoms with van der Waals surface area (Å²) < 4.78 is 13.6. The fourth-order valence-electron chi connectivity index (χ4n) is 1.08. The molecule has 1 heterocycles. The highest BCUT2D eigenvalue weighted by Gasteiger charge is 1.96. The summed E-state index contributed by atoms with van der Waals surface area (Å²) in [7, 11) is 0. The molecule has 60 valence electrons. The van der Waals surface area contributed by atoms with Crippen LogP contribution in [0.5, 0.6) is 0 Å². The predicted octanol–water partition coefficient (Wildman–Crippen LogP) is 3.14. The molecule has 1 aromatic carbocycles. The van der Waals surface area contributed by atoms with E-state index in [0.717, 1.165) is 15.2 Å². The number of nitrogens with zero attached hydrogens (tertiary/aromatic N) is 1. The number of benzene rings is 1. The Labute approximate surface area is 77.4 Å². The number of pyridine rings is 1. The van der Waals surface area contributed by atoms with E-state index in [0.29, 0.717) is 0 Å². The second kappa shape index (κ2) is 2.83. The van der Waals surface area contributed by atoms with Gasteiger partial charge in [0.05, 0.1) is 0 Å². The van der Waals surface area contributed by atoms with Crippen molar-refractivity contribution < 1.29 is 4.39 Å². The smallest absolute Gasteiger partial charge is 0.213 e. The van der Waals surface area contributed by atoms with Gasteiger partial charge in [0.15, 0.2) is 0 Å². The van der Waals surface area contributed by atoms with Gasteiger partial charge in [-0.2, -0.15) is 4.39 Å². The lowest BCUT2D eigenvalue weighted by atomic mass is 10.2. The number of rotatable bonds is 0. The Morgan fingerprint density at radius 3 is 2.83 bits per heavy atom. The van der Waals surface area contributed by atoms with Crippen LogP contribution in [0.15, 0.2) is 34.9 Å². The monoisotopic (exact) mass is 225 g/mol. The highest BCUT2D eigenvalue weighted by Crippen LogP contribution is 2.18. The van der Waals surface area contributed by atoms with Crippen molar-refractivity contribution in [3.8, 4) is 0 Å². The zero-order chi connectivity index (χ0) is 8.55. The van der Waals surface area contributed by atoms with E-state index in [-0.39, 0.29) is 0 Å². The molecule has 12 heavy (non-hydrogen) atoms. The zero-order valence-electron chi connectivity index (χ0n) is 6.09. The van der Waals surface area contributed by atoms with Gasteiger partial charge in [0.2, 0.25) is 5.95 Å². The van der Waals surface area contributed by atoms with Gasteiger partial charge in [0, 0.05) is 22.1 Å². The first-order valence-electron chi connectivity index (χ1n) is 3.46. The molecular formula is C9H5BrFN. The topological polar surface area (TPSA) is 12.9 Å². The Morgan fingerprint density at radius 2 is 2.00 bits per heavy atom. The van der Waals surface area contributed by atoms with Gasteiger partial charge in [-0.1, -0.05) is 22.0 Å². The number of halogens is 2. The van der Waals surface area contributed by atoms with Crippen LogP contribution in [0.3, 0.4) is 0 Å². The van der Waals surface area contributed by atoms with Gasteiger partial charge in [-0.05, 0) is 17.5 Å². The summed E-state index contributed by atoms with van der Waals surface area (Å²) in [5.74, 6) is -0.444. The van der Waals surface area contributed by atoms with Crippen LogP contribution < -0.4 is 0 Å². The SMILES string of the molecule is Fc1cc2cc(Br)ccc2cn1. The normalized spacial score (nSPS) is 10.5. The maximum Gasteiger partial charge on any atom is 0.213 e. The average molecular weight is 226 g/mol. The van der Waals surface area contributed by atoms with Crippen LogP contribution in [0.25, 0.3) is 10.8 Å². The molecule has 0 unspecified atom stereocenters. The molecule has 0 aliphatic rings. The maximum absolute atomic E-state index is 12.6. The average Bonchev–Trinajstić information content (AvgIpc) is 2.03. The first kappa shape index (κ1) is 7.68. The van der Waals surface area contributed by atoms with Gasteiger partial charge in [-0.25, -0.2) is 4.98 Å². The zero-order valence-corrected chi connectivity index (χ0v) is 7.68.